The van der Waals surface area contributed by atoms with Gasteiger partial charge in [-0.1, -0.05) is 12.1 Å². The number of nitrogens with zero attached hydrogens (tertiary/aromatic N) is 2. The van der Waals surface area contributed by atoms with Gasteiger partial charge >= 0.3 is 0 Å². The van der Waals surface area contributed by atoms with Crippen LogP contribution in [0.5, 0.6) is 0 Å². The van der Waals surface area contributed by atoms with E-state index in [1.54, 1.807) is 13.1 Å². The lowest BCUT2D eigenvalue weighted by atomic mass is 9.92. The lowest BCUT2D eigenvalue weighted by Gasteiger charge is -2.08. The Morgan fingerprint density at radius 3 is 2.53 bits per heavy atom. The Morgan fingerprint density at radius 1 is 1.26 bits per heavy atom. The topological polar surface area (TPSA) is 52.0 Å². The summed E-state index contributed by atoms with van der Waals surface area (Å²) >= 11 is 0. The quantitative estimate of drug-likeness (QED) is 0.626. The average molecular weight is 260 g/mol. The van der Waals surface area contributed by atoms with E-state index in [0.29, 0.717) is 5.56 Å². The smallest absolute Gasteiger partial charge is 0.176 e. The molecule has 0 amide bonds. The van der Waals surface area contributed by atoms with Crippen molar-refractivity contribution in [1.29, 1.82) is 0 Å². The van der Waals surface area contributed by atoms with Gasteiger partial charge in [-0.25, -0.2) is 4.39 Å². The molecule has 98 valence electrons. The first-order valence-electron chi connectivity index (χ1n) is 5.82. The van der Waals surface area contributed by atoms with Crippen molar-refractivity contribution in [2.75, 3.05) is 0 Å². The van der Waals surface area contributed by atoms with Gasteiger partial charge in [-0.2, -0.15) is 5.10 Å². The molecule has 0 aliphatic carbocycles. The second-order valence-corrected chi connectivity index (χ2v) is 4.33. The van der Waals surface area contributed by atoms with Crippen LogP contribution in [-0.4, -0.2) is 21.3 Å². The predicted octanol–water partition coefficient (Wildman–Crippen LogP) is 2.26. The summed E-state index contributed by atoms with van der Waals surface area (Å²) in [5.74, 6) is -2.42. The minimum absolute atomic E-state index is 0.0627. The maximum Gasteiger partial charge on any atom is 0.176 e. The van der Waals surface area contributed by atoms with Gasteiger partial charge in [0.2, 0.25) is 0 Å². The Bertz CT molecular complexity index is 634. The molecule has 2 rings (SSSR count). The number of ketones is 2. The summed E-state index contributed by atoms with van der Waals surface area (Å²) < 4.78 is 15.0. The zero-order valence-corrected chi connectivity index (χ0v) is 10.6. The first-order valence-corrected chi connectivity index (χ1v) is 5.82. The number of aryl methyl sites for hydroxylation is 1. The van der Waals surface area contributed by atoms with Crippen molar-refractivity contribution in [3.63, 3.8) is 0 Å². The van der Waals surface area contributed by atoms with Gasteiger partial charge in [0.05, 0.1) is 23.2 Å². The fraction of sp³-hybridized carbons (Fsp3) is 0.214. The molecule has 1 heterocycles. The van der Waals surface area contributed by atoms with Crippen LogP contribution in [-0.2, 0) is 7.05 Å². The number of aromatic nitrogens is 2. The van der Waals surface area contributed by atoms with E-state index in [1.165, 1.54) is 42.2 Å². The molecule has 0 aliphatic heterocycles. The van der Waals surface area contributed by atoms with Crippen LogP contribution in [0, 0.1) is 11.7 Å². The lowest BCUT2D eigenvalue weighted by molar-refractivity contribution is 0.0818. The highest BCUT2D eigenvalue weighted by Crippen LogP contribution is 2.16. The van der Waals surface area contributed by atoms with Crippen LogP contribution in [0.2, 0.25) is 0 Å². The fourth-order valence-electron chi connectivity index (χ4n) is 1.81. The molecule has 1 atom stereocenters. The molecular weight excluding hydrogens is 247 g/mol. The molecule has 4 nitrogen and oxygen atoms in total. The van der Waals surface area contributed by atoms with Gasteiger partial charge in [-0.05, 0) is 19.1 Å². The summed E-state index contributed by atoms with van der Waals surface area (Å²) in [6, 6.07) is 5.65. The van der Waals surface area contributed by atoms with E-state index in [0.717, 1.165) is 0 Å². The molecule has 0 N–H and O–H groups in total. The number of hydrogen-bond acceptors (Lipinski definition) is 3. The monoisotopic (exact) mass is 260 g/mol. The van der Waals surface area contributed by atoms with E-state index in [-0.39, 0.29) is 11.3 Å². The number of carbonyl (C=O) groups excluding carboxylic acids is 2. The van der Waals surface area contributed by atoms with Crippen LogP contribution in [0.4, 0.5) is 4.39 Å². The van der Waals surface area contributed by atoms with E-state index in [4.69, 9.17) is 0 Å². The van der Waals surface area contributed by atoms with Gasteiger partial charge in [-0.3, -0.25) is 14.3 Å². The van der Waals surface area contributed by atoms with Crippen LogP contribution in [0.25, 0.3) is 0 Å². The van der Waals surface area contributed by atoms with Gasteiger partial charge in [0.15, 0.2) is 11.6 Å². The molecule has 0 aliphatic rings. The maximum absolute atomic E-state index is 13.5. The van der Waals surface area contributed by atoms with Crippen molar-refractivity contribution < 1.29 is 14.0 Å². The molecule has 2 aromatic rings. The van der Waals surface area contributed by atoms with Gasteiger partial charge in [0.1, 0.15) is 5.82 Å². The molecule has 0 spiro atoms. The van der Waals surface area contributed by atoms with Crippen LogP contribution >= 0.6 is 0 Å². The third-order valence-corrected chi connectivity index (χ3v) is 2.92. The van der Waals surface area contributed by atoms with Crippen molar-refractivity contribution in [3.05, 3.63) is 53.6 Å². The standard InChI is InChI=1S/C14H13FN2O2/c1-9(13(18)10-7-16-17(2)8-10)14(19)11-5-3-4-6-12(11)15/h3-9H,1-2H3. The Hall–Kier alpha value is -2.30. The van der Waals surface area contributed by atoms with E-state index >= 15 is 0 Å². The zero-order valence-electron chi connectivity index (χ0n) is 10.6. The number of benzene rings is 1. The Kier molecular flexibility index (Phi) is 3.55. The Labute approximate surface area is 109 Å². The molecular formula is C14H13FN2O2. The summed E-state index contributed by atoms with van der Waals surface area (Å²) in [5.41, 5.74) is 0.284. The number of halogens is 1. The van der Waals surface area contributed by atoms with Gasteiger partial charge in [0, 0.05) is 13.2 Å². The third-order valence-electron chi connectivity index (χ3n) is 2.92. The maximum atomic E-state index is 13.5. The first kappa shape index (κ1) is 13.1. The first-order chi connectivity index (χ1) is 9.00. The fourth-order valence-corrected chi connectivity index (χ4v) is 1.81. The van der Waals surface area contributed by atoms with E-state index in [1.807, 2.05) is 0 Å². The van der Waals surface area contributed by atoms with E-state index < -0.39 is 17.5 Å². The number of Topliss-reactive ketones (excluding diaryl/α,β-unsaturated/α-hetero) is 2. The van der Waals surface area contributed by atoms with Crippen LogP contribution in [0.15, 0.2) is 36.7 Å². The summed E-state index contributed by atoms with van der Waals surface area (Å²) in [7, 11) is 1.68. The number of rotatable bonds is 4. The minimum Gasteiger partial charge on any atom is -0.293 e. The molecule has 5 heteroatoms. The molecule has 19 heavy (non-hydrogen) atoms. The van der Waals surface area contributed by atoms with Gasteiger partial charge < -0.3 is 0 Å². The molecule has 0 radical (unpaired) electrons. The van der Waals surface area contributed by atoms with E-state index in [2.05, 4.69) is 5.10 Å². The van der Waals surface area contributed by atoms with Gasteiger partial charge in [0.25, 0.3) is 0 Å². The van der Waals surface area contributed by atoms with E-state index in [9.17, 15) is 14.0 Å². The second-order valence-electron chi connectivity index (χ2n) is 4.33. The van der Waals surface area contributed by atoms with Crippen molar-refractivity contribution in [2.24, 2.45) is 13.0 Å². The molecule has 0 saturated heterocycles. The molecule has 0 bridgehead atoms. The van der Waals surface area contributed by atoms with Crippen LogP contribution < -0.4 is 0 Å². The number of carbonyl (C=O) groups is 2. The van der Waals surface area contributed by atoms with Crippen molar-refractivity contribution in [1.82, 2.24) is 9.78 Å². The largest absolute Gasteiger partial charge is 0.293 e. The second kappa shape index (κ2) is 5.14. The Morgan fingerprint density at radius 2 is 1.95 bits per heavy atom. The highest BCUT2D eigenvalue weighted by atomic mass is 19.1. The van der Waals surface area contributed by atoms with Gasteiger partial charge in [-0.15, -0.1) is 0 Å². The van der Waals surface area contributed by atoms with Crippen molar-refractivity contribution in [2.45, 2.75) is 6.92 Å². The predicted molar refractivity (Wildman–Crippen MR) is 67.4 cm³/mol. The SMILES string of the molecule is CC(C(=O)c1cnn(C)c1)C(=O)c1ccccc1F. The summed E-state index contributed by atoms with van der Waals surface area (Å²) in [4.78, 5) is 24.2. The average Bonchev–Trinajstić information content (AvgIpc) is 2.83. The number of hydrogen-bond donors (Lipinski definition) is 0. The lowest BCUT2D eigenvalue weighted by Crippen LogP contribution is -2.22. The molecule has 1 aromatic carbocycles. The Balaban J connectivity index is 2.25. The molecule has 0 fully saturated rings. The normalized spacial score (nSPS) is 12.2. The summed E-state index contributed by atoms with van der Waals surface area (Å²) in [6.45, 7) is 1.48. The molecule has 1 aromatic heterocycles. The summed E-state index contributed by atoms with van der Waals surface area (Å²) in [5, 5.41) is 3.88. The minimum atomic E-state index is -0.930. The third kappa shape index (κ3) is 2.59. The highest BCUT2D eigenvalue weighted by molar-refractivity contribution is 6.15. The molecule has 0 saturated carbocycles. The van der Waals surface area contributed by atoms with Crippen molar-refractivity contribution in [3.8, 4) is 0 Å². The van der Waals surface area contributed by atoms with Crippen molar-refractivity contribution >= 4 is 11.6 Å². The van der Waals surface area contributed by atoms with Crippen LogP contribution in [0.1, 0.15) is 27.6 Å². The zero-order chi connectivity index (χ0) is 14.0. The summed E-state index contributed by atoms with van der Waals surface area (Å²) in [6.07, 6.45) is 2.93. The van der Waals surface area contributed by atoms with Crippen LogP contribution in [0.3, 0.4) is 0 Å². The molecule has 1 unspecified atom stereocenters. The highest BCUT2D eigenvalue weighted by Gasteiger charge is 2.26.